The van der Waals surface area contributed by atoms with E-state index < -0.39 is 35.9 Å². The molecular weight excluding hydrogens is 331 g/mol. The first-order valence-electron chi connectivity index (χ1n) is 7.04. The number of nitrogens with zero attached hydrogens (tertiary/aromatic N) is 2. The van der Waals surface area contributed by atoms with E-state index in [2.05, 4.69) is 10.3 Å². The van der Waals surface area contributed by atoms with Crippen molar-refractivity contribution >= 4 is 12.0 Å². The van der Waals surface area contributed by atoms with Crippen LogP contribution < -0.4 is 5.32 Å². The van der Waals surface area contributed by atoms with Gasteiger partial charge in [0.05, 0.1) is 12.6 Å². The van der Waals surface area contributed by atoms with Gasteiger partial charge in [-0.25, -0.2) is 4.79 Å². The van der Waals surface area contributed by atoms with E-state index in [4.69, 9.17) is 4.74 Å². The van der Waals surface area contributed by atoms with Gasteiger partial charge >= 0.3 is 18.2 Å². The zero-order valence-electron chi connectivity index (χ0n) is 12.9. The molecule has 0 saturated carbocycles. The van der Waals surface area contributed by atoms with Crippen molar-refractivity contribution in [2.75, 3.05) is 13.7 Å². The summed E-state index contributed by atoms with van der Waals surface area (Å²) in [5.74, 6) is -3.40. The summed E-state index contributed by atoms with van der Waals surface area (Å²) in [6, 6.07) is 0.207. The van der Waals surface area contributed by atoms with Crippen molar-refractivity contribution in [3.63, 3.8) is 0 Å². The number of amides is 2. The fourth-order valence-electron chi connectivity index (χ4n) is 2.64. The molecule has 0 aliphatic carbocycles. The second kappa shape index (κ2) is 6.27. The van der Waals surface area contributed by atoms with Gasteiger partial charge in [-0.05, 0) is 18.6 Å². The number of halogens is 3. The number of alkyl halides is 3. The van der Waals surface area contributed by atoms with Crippen LogP contribution in [0.15, 0.2) is 24.5 Å². The molecule has 1 aliphatic rings. The first-order valence-corrected chi connectivity index (χ1v) is 7.04. The van der Waals surface area contributed by atoms with E-state index >= 15 is 0 Å². The van der Waals surface area contributed by atoms with E-state index in [9.17, 15) is 27.9 Å². The predicted octanol–water partition coefficient (Wildman–Crippen LogP) is 1.21. The van der Waals surface area contributed by atoms with E-state index in [1.54, 1.807) is 0 Å². The molecule has 10 heteroatoms. The van der Waals surface area contributed by atoms with Gasteiger partial charge in [-0.2, -0.15) is 13.2 Å². The van der Waals surface area contributed by atoms with Gasteiger partial charge in [0.1, 0.15) is 5.92 Å². The van der Waals surface area contributed by atoms with E-state index in [1.807, 2.05) is 0 Å². The molecule has 1 saturated heterocycles. The van der Waals surface area contributed by atoms with Crippen LogP contribution in [0.3, 0.4) is 0 Å². The highest BCUT2D eigenvalue weighted by molar-refractivity contribution is 5.83. The average Bonchev–Trinajstić information content (AvgIpc) is 2.52. The summed E-state index contributed by atoms with van der Waals surface area (Å²) in [4.78, 5) is 28.0. The smallest absolute Gasteiger partial charge is 0.437 e. The third kappa shape index (κ3) is 2.77. The van der Waals surface area contributed by atoms with Crippen molar-refractivity contribution in [2.24, 2.45) is 5.92 Å². The van der Waals surface area contributed by atoms with Gasteiger partial charge < -0.3 is 15.2 Å². The summed E-state index contributed by atoms with van der Waals surface area (Å²) in [6.45, 7) is 1.25. The number of pyridine rings is 1. The lowest BCUT2D eigenvalue weighted by atomic mass is 9.81. The fourth-order valence-corrected chi connectivity index (χ4v) is 2.64. The molecule has 1 fully saturated rings. The Hall–Kier alpha value is -2.36. The van der Waals surface area contributed by atoms with Gasteiger partial charge in [0.25, 0.3) is 5.72 Å². The predicted molar refractivity (Wildman–Crippen MR) is 74.4 cm³/mol. The topological polar surface area (TPSA) is 91.8 Å². The Labute approximate surface area is 135 Å². The third-order valence-electron chi connectivity index (χ3n) is 3.86. The number of urea groups is 1. The van der Waals surface area contributed by atoms with Crippen molar-refractivity contribution in [3.8, 4) is 0 Å². The number of aromatic nitrogens is 1. The van der Waals surface area contributed by atoms with E-state index in [1.165, 1.54) is 31.5 Å². The Bertz CT molecular complexity index is 625. The lowest BCUT2D eigenvalue weighted by Gasteiger charge is -2.49. The number of carbonyl (C=O) groups is 2. The minimum atomic E-state index is -5.28. The zero-order chi connectivity index (χ0) is 18.1. The third-order valence-corrected chi connectivity index (χ3v) is 3.86. The summed E-state index contributed by atoms with van der Waals surface area (Å²) >= 11 is 0. The Kier molecular flexibility index (Phi) is 4.70. The van der Waals surface area contributed by atoms with Crippen LogP contribution in [0.4, 0.5) is 18.0 Å². The molecule has 1 aliphatic heterocycles. The molecule has 0 spiro atoms. The lowest BCUT2D eigenvalue weighted by molar-refractivity contribution is -0.328. The Morgan fingerprint density at radius 2 is 2.21 bits per heavy atom. The second-order valence-electron chi connectivity index (χ2n) is 5.23. The quantitative estimate of drug-likeness (QED) is 0.802. The Morgan fingerprint density at radius 3 is 2.71 bits per heavy atom. The average molecular weight is 347 g/mol. The van der Waals surface area contributed by atoms with Crippen LogP contribution in [0, 0.1) is 5.92 Å². The highest BCUT2D eigenvalue weighted by atomic mass is 19.4. The van der Waals surface area contributed by atoms with Crippen LogP contribution in [0.5, 0.6) is 0 Å². The molecule has 0 unspecified atom stereocenters. The normalized spacial score (nSPS) is 27.6. The molecule has 2 rings (SSSR count). The first kappa shape index (κ1) is 18.0. The SMILES string of the molecule is CCOC(=O)[C@H]1[C@H](c2cccnc2)NC(=O)N(C)[C@]1(O)C(F)(F)F. The first-order chi connectivity index (χ1) is 11.1. The number of hydrogen-bond acceptors (Lipinski definition) is 5. The molecule has 132 valence electrons. The molecule has 24 heavy (non-hydrogen) atoms. The van der Waals surface area contributed by atoms with Gasteiger partial charge in [-0.1, -0.05) is 6.07 Å². The van der Waals surface area contributed by atoms with E-state index in [0.717, 1.165) is 7.05 Å². The maximum absolute atomic E-state index is 13.6. The van der Waals surface area contributed by atoms with Crippen LogP contribution in [-0.2, 0) is 9.53 Å². The van der Waals surface area contributed by atoms with Gasteiger partial charge in [-0.15, -0.1) is 0 Å². The minimum absolute atomic E-state index is 0.0570. The molecule has 0 radical (unpaired) electrons. The van der Waals surface area contributed by atoms with Gasteiger partial charge in [-0.3, -0.25) is 14.7 Å². The number of esters is 1. The maximum Gasteiger partial charge on any atom is 0.437 e. The number of rotatable bonds is 3. The summed E-state index contributed by atoms with van der Waals surface area (Å²) < 4.78 is 45.5. The van der Waals surface area contributed by atoms with Gasteiger partial charge in [0.15, 0.2) is 0 Å². The Balaban J connectivity index is 2.61. The molecule has 2 heterocycles. The van der Waals surface area contributed by atoms with Crippen molar-refractivity contribution in [2.45, 2.75) is 24.9 Å². The molecule has 2 amide bonds. The van der Waals surface area contributed by atoms with Crippen LogP contribution in [-0.4, -0.2) is 52.5 Å². The van der Waals surface area contributed by atoms with Crippen molar-refractivity contribution in [1.82, 2.24) is 15.2 Å². The number of carbonyl (C=O) groups excluding carboxylic acids is 2. The summed E-state index contributed by atoms with van der Waals surface area (Å²) in [7, 11) is 0.758. The summed E-state index contributed by atoms with van der Waals surface area (Å²) in [6.07, 6.45) is -2.69. The molecule has 1 aromatic heterocycles. The molecule has 2 N–H and O–H groups in total. The number of hydrogen-bond donors (Lipinski definition) is 2. The van der Waals surface area contributed by atoms with Crippen molar-refractivity contribution in [3.05, 3.63) is 30.1 Å². The van der Waals surface area contributed by atoms with Crippen LogP contribution in [0.1, 0.15) is 18.5 Å². The monoisotopic (exact) mass is 347 g/mol. The lowest BCUT2D eigenvalue weighted by Crippen LogP contribution is -2.73. The number of ether oxygens (including phenoxy) is 1. The molecule has 0 aromatic carbocycles. The standard InChI is InChI=1S/C14H16F3N3O4/c1-3-24-11(21)9-10(8-5-4-6-18-7-8)19-12(22)20(2)13(9,23)14(15,16)17/h4-7,9-10,23H,3H2,1-2H3,(H,19,22)/t9-,10+,13-/m1/s1. The van der Waals surface area contributed by atoms with Crippen molar-refractivity contribution < 1.29 is 32.6 Å². The van der Waals surface area contributed by atoms with E-state index in [0.29, 0.717) is 0 Å². The van der Waals surface area contributed by atoms with Crippen LogP contribution in [0.25, 0.3) is 0 Å². The highest BCUT2D eigenvalue weighted by Gasteiger charge is 2.69. The van der Waals surface area contributed by atoms with Crippen molar-refractivity contribution in [1.29, 1.82) is 0 Å². The largest absolute Gasteiger partial charge is 0.466 e. The fraction of sp³-hybridized carbons (Fsp3) is 0.500. The molecular formula is C14H16F3N3O4. The second-order valence-corrected chi connectivity index (χ2v) is 5.23. The molecule has 3 atom stereocenters. The maximum atomic E-state index is 13.6. The highest BCUT2D eigenvalue weighted by Crippen LogP contribution is 2.46. The van der Waals surface area contributed by atoms with Crippen LogP contribution in [0.2, 0.25) is 0 Å². The molecule has 1 aromatic rings. The van der Waals surface area contributed by atoms with Gasteiger partial charge in [0, 0.05) is 19.4 Å². The zero-order valence-corrected chi connectivity index (χ0v) is 12.9. The summed E-state index contributed by atoms with van der Waals surface area (Å²) in [5.41, 5.74) is -3.58. The molecule has 0 bridgehead atoms. The number of nitrogens with one attached hydrogen (secondary N) is 1. The van der Waals surface area contributed by atoms with Gasteiger partial charge in [0.2, 0.25) is 0 Å². The van der Waals surface area contributed by atoms with E-state index in [-0.39, 0.29) is 17.1 Å². The number of aliphatic hydroxyl groups is 1. The van der Waals surface area contributed by atoms with Crippen LogP contribution >= 0.6 is 0 Å². The summed E-state index contributed by atoms with van der Waals surface area (Å²) in [5, 5.41) is 12.6. The minimum Gasteiger partial charge on any atom is -0.466 e. The molecule has 7 nitrogen and oxygen atoms in total. The Morgan fingerprint density at radius 1 is 1.54 bits per heavy atom.